The molecule has 2 fully saturated rings. The van der Waals surface area contributed by atoms with Gasteiger partial charge in [0.2, 0.25) is 10.0 Å². The SMILES string of the molecule is COc1cc(S(=O)(=O)N2CCOCC2)ccc1NC1=CC(N)(C2CC2)C2=CCN=C2N1. The molecule has 0 radical (unpaired) electrons. The van der Waals surface area contributed by atoms with Crippen LogP contribution < -0.4 is 21.1 Å². The number of aliphatic imine (C=N–C) groups is 1. The number of hydrogen-bond acceptors (Lipinski definition) is 8. The number of ether oxygens (including phenoxy) is 2. The highest BCUT2D eigenvalue weighted by Gasteiger charge is 2.48. The van der Waals surface area contributed by atoms with Crippen LogP contribution in [0.1, 0.15) is 12.8 Å². The molecule has 1 saturated heterocycles. The molecule has 1 atom stereocenters. The Kier molecular flexibility index (Phi) is 5.04. The lowest BCUT2D eigenvalue weighted by Gasteiger charge is -2.35. The predicted molar refractivity (Wildman–Crippen MR) is 117 cm³/mol. The van der Waals surface area contributed by atoms with Gasteiger partial charge in [0.05, 0.1) is 43.0 Å². The molecular weight excluding hydrogens is 418 g/mol. The van der Waals surface area contributed by atoms with Crippen molar-refractivity contribution >= 4 is 21.5 Å². The second-order valence-electron chi connectivity index (χ2n) is 8.20. The molecule has 0 amide bonds. The quantitative estimate of drug-likeness (QED) is 0.598. The molecule has 1 unspecified atom stereocenters. The van der Waals surface area contributed by atoms with Gasteiger partial charge < -0.3 is 25.8 Å². The number of rotatable bonds is 6. The maximum absolute atomic E-state index is 13.0. The number of anilines is 1. The fraction of sp³-hybridized carbons (Fsp3) is 0.476. The molecular formula is C21H27N5O4S. The van der Waals surface area contributed by atoms with E-state index in [0.717, 1.165) is 24.3 Å². The van der Waals surface area contributed by atoms with E-state index in [-0.39, 0.29) is 4.90 Å². The van der Waals surface area contributed by atoms with Gasteiger partial charge in [-0.15, -0.1) is 0 Å². The Labute approximate surface area is 182 Å². The number of methoxy groups -OCH3 is 1. The molecule has 9 nitrogen and oxygen atoms in total. The third-order valence-corrected chi connectivity index (χ3v) is 8.10. The van der Waals surface area contributed by atoms with E-state index in [1.165, 1.54) is 11.4 Å². The molecule has 1 saturated carbocycles. The number of nitrogens with two attached hydrogens (primary N) is 1. The summed E-state index contributed by atoms with van der Waals surface area (Å²) in [7, 11) is -2.09. The van der Waals surface area contributed by atoms with Crippen LogP contribution in [0.2, 0.25) is 0 Å². The van der Waals surface area contributed by atoms with Crippen LogP contribution in [0.4, 0.5) is 5.69 Å². The highest BCUT2D eigenvalue weighted by Crippen LogP contribution is 2.45. The lowest BCUT2D eigenvalue weighted by atomic mass is 9.82. The van der Waals surface area contributed by atoms with Crippen LogP contribution in [-0.2, 0) is 14.8 Å². The zero-order valence-corrected chi connectivity index (χ0v) is 18.2. The fourth-order valence-corrected chi connectivity index (χ4v) is 5.79. The Bertz CT molecular complexity index is 1090. The third-order valence-electron chi connectivity index (χ3n) is 6.21. The van der Waals surface area contributed by atoms with Crippen molar-refractivity contribution in [3.63, 3.8) is 0 Å². The highest BCUT2D eigenvalue weighted by molar-refractivity contribution is 7.89. The highest BCUT2D eigenvalue weighted by atomic mass is 32.2. The summed E-state index contributed by atoms with van der Waals surface area (Å²) >= 11 is 0. The molecule has 10 heteroatoms. The second-order valence-corrected chi connectivity index (χ2v) is 10.1. The van der Waals surface area contributed by atoms with Gasteiger partial charge in [-0.1, -0.05) is 6.08 Å². The Morgan fingerprint density at radius 3 is 2.81 bits per heavy atom. The molecule has 5 rings (SSSR count). The van der Waals surface area contributed by atoms with E-state index < -0.39 is 15.6 Å². The summed E-state index contributed by atoms with van der Waals surface area (Å²) in [6, 6.07) is 4.85. The molecule has 3 heterocycles. The average molecular weight is 446 g/mol. The van der Waals surface area contributed by atoms with Gasteiger partial charge in [0.1, 0.15) is 17.4 Å². The zero-order valence-electron chi connectivity index (χ0n) is 17.4. The average Bonchev–Trinajstić information content (AvgIpc) is 3.53. The molecule has 0 aromatic heterocycles. The summed E-state index contributed by atoms with van der Waals surface area (Å²) in [5.74, 6) is 2.35. The lowest BCUT2D eigenvalue weighted by molar-refractivity contribution is 0.0730. The molecule has 1 aromatic rings. The number of amidine groups is 1. The molecule has 166 valence electrons. The minimum Gasteiger partial charge on any atom is -0.495 e. The fourth-order valence-electron chi connectivity index (χ4n) is 4.36. The number of fused-ring (bicyclic) bond motifs is 1. The Morgan fingerprint density at radius 2 is 2.10 bits per heavy atom. The number of benzene rings is 1. The van der Waals surface area contributed by atoms with Gasteiger partial charge in [-0.2, -0.15) is 4.31 Å². The largest absolute Gasteiger partial charge is 0.495 e. The van der Waals surface area contributed by atoms with Gasteiger partial charge in [-0.05, 0) is 37.0 Å². The molecule has 4 N–H and O–H groups in total. The summed E-state index contributed by atoms with van der Waals surface area (Å²) in [4.78, 5) is 4.72. The van der Waals surface area contributed by atoms with Crippen molar-refractivity contribution in [1.82, 2.24) is 9.62 Å². The van der Waals surface area contributed by atoms with Gasteiger partial charge in [-0.25, -0.2) is 8.42 Å². The molecule has 4 aliphatic rings. The van der Waals surface area contributed by atoms with E-state index in [2.05, 4.69) is 21.7 Å². The van der Waals surface area contributed by atoms with E-state index in [1.54, 1.807) is 18.2 Å². The van der Waals surface area contributed by atoms with Crippen molar-refractivity contribution in [2.75, 3.05) is 45.3 Å². The van der Waals surface area contributed by atoms with Gasteiger partial charge in [-0.3, -0.25) is 4.99 Å². The number of morpholine rings is 1. The van der Waals surface area contributed by atoms with Gasteiger partial charge in [0.25, 0.3) is 0 Å². The van der Waals surface area contributed by atoms with Crippen molar-refractivity contribution in [3.05, 3.63) is 41.7 Å². The maximum Gasteiger partial charge on any atom is 0.243 e. The van der Waals surface area contributed by atoms with Crippen LogP contribution in [-0.4, -0.2) is 64.1 Å². The van der Waals surface area contributed by atoms with Crippen molar-refractivity contribution < 1.29 is 17.9 Å². The molecule has 0 bridgehead atoms. The molecule has 3 aliphatic heterocycles. The maximum atomic E-state index is 13.0. The van der Waals surface area contributed by atoms with Crippen LogP contribution in [0.3, 0.4) is 0 Å². The summed E-state index contributed by atoms with van der Waals surface area (Å²) in [6.45, 7) is 2.12. The number of hydrogen-bond donors (Lipinski definition) is 3. The Hall–Kier alpha value is -2.40. The second kappa shape index (κ2) is 7.63. The van der Waals surface area contributed by atoms with Crippen LogP contribution in [0.5, 0.6) is 5.75 Å². The summed E-state index contributed by atoms with van der Waals surface area (Å²) in [6.07, 6.45) is 6.29. The van der Waals surface area contributed by atoms with Gasteiger partial charge in [0, 0.05) is 24.7 Å². The van der Waals surface area contributed by atoms with E-state index in [4.69, 9.17) is 15.2 Å². The standard InChI is InChI=1S/C21H27N5O4S/c1-29-18-12-15(31(27,28)26-8-10-30-11-9-26)4-5-17(18)24-19-13-21(22,14-2-3-14)16-6-7-23-20(16)25-19/h4-6,12-14,24H,2-3,7-11,22H2,1H3,(H,23,25). The zero-order chi connectivity index (χ0) is 21.6. The Morgan fingerprint density at radius 1 is 1.32 bits per heavy atom. The van der Waals surface area contributed by atoms with Crippen LogP contribution in [0.15, 0.2) is 51.6 Å². The summed E-state index contributed by atoms with van der Waals surface area (Å²) in [5.41, 5.74) is 7.95. The first-order valence-electron chi connectivity index (χ1n) is 10.5. The number of nitrogens with one attached hydrogen (secondary N) is 2. The molecule has 0 spiro atoms. The molecule has 1 aliphatic carbocycles. The molecule has 31 heavy (non-hydrogen) atoms. The first kappa shape index (κ1) is 20.5. The number of sulfonamides is 1. The summed E-state index contributed by atoms with van der Waals surface area (Å²) < 4.78 is 38.2. The molecule has 1 aromatic carbocycles. The van der Waals surface area contributed by atoms with Crippen molar-refractivity contribution in [2.24, 2.45) is 16.6 Å². The van der Waals surface area contributed by atoms with E-state index in [9.17, 15) is 8.42 Å². The van der Waals surface area contributed by atoms with E-state index in [1.807, 2.05) is 6.08 Å². The first-order chi connectivity index (χ1) is 14.9. The monoisotopic (exact) mass is 445 g/mol. The topological polar surface area (TPSA) is 118 Å². The van der Waals surface area contributed by atoms with Crippen molar-refractivity contribution in [2.45, 2.75) is 23.3 Å². The van der Waals surface area contributed by atoms with E-state index >= 15 is 0 Å². The summed E-state index contributed by atoms with van der Waals surface area (Å²) in [5, 5.41) is 6.62. The third kappa shape index (κ3) is 3.63. The predicted octanol–water partition coefficient (Wildman–Crippen LogP) is 1.02. The van der Waals surface area contributed by atoms with Crippen molar-refractivity contribution in [1.29, 1.82) is 0 Å². The van der Waals surface area contributed by atoms with Crippen molar-refractivity contribution in [3.8, 4) is 5.75 Å². The van der Waals surface area contributed by atoms with Gasteiger partial charge in [0.15, 0.2) is 0 Å². The minimum absolute atomic E-state index is 0.193. The smallest absolute Gasteiger partial charge is 0.243 e. The normalized spacial score (nSPS) is 26.3. The van der Waals surface area contributed by atoms with E-state index in [0.29, 0.717) is 56.0 Å². The van der Waals surface area contributed by atoms with Gasteiger partial charge >= 0.3 is 0 Å². The first-order valence-corrected chi connectivity index (χ1v) is 11.9. The van der Waals surface area contributed by atoms with Crippen LogP contribution in [0, 0.1) is 5.92 Å². The van der Waals surface area contributed by atoms with Crippen LogP contribution in [0.25, 0.3) is 0 Å². The lowest BCUT2D eigenvalue weighted by Crippen LogP contribution is -2.52. The van der Waals surface area contributed by atoms with Crippen LogP contribution >= 0.6 is 0 Å². The minimum atomic E-state index is -3.61. The Balaban J connectivity index is 1.43. The number of nitrogens with zero attached hydrogens (tertiary/aromatic N) is 2.